The van der Waals surface area contributed by atoms with E-state index in [4.69, 9.17) is 9.84 Å². The molecule has 160 valence electrons. The minimum atomic E-state index is -0.994. The van der Waals surface area contributed by atoms with Gasteiger partial charge in [-0.15, -0.1) is 0 Å². The monoisotopic (exact) mass is 402 g/mol. The zero-order valence-corrected chi connectivity index (χ0v) is 18.0. The van der Waals surface area contributed by atoms with Crippen LogP contribution >= 0.6 is 0 Å². The minimum absolute atomic E-state index is 0.0649. The van der Waals surface area contributed by atoms with Crippen LogP contribution in [0.15, 0.2) is 18.2 Å². The third-order valence-electron chi connectivity index (χ3n) is 7.34. The number of carboxylic acid groups (broad SMARTS) is 1. The third kappa shape index (κ3) is 4.20. The van der Waals surface area contributed by atoms with Gasteiger partial charge in [0.15, 0.2) is 0 Å². The number of hydrogen-bond acceptors (Lipinski definition) is 4. The van der Waals surface area contributed by atoms with Crippen molar-refractivity contribution in [2.45, 2.75) is 83.7 Å². The van der Waals surface area contributed by atoms with Crippen LogP contribution in [0.3, 0.4) is 0 Å². The van der Waals surface area contributed by atoms with E-state index in [2.05, 4.69) is 45.9 Å². The van der Waals surface area contributed by atoms with Gasteiger partial charge in [-0.25, -0.2) is 0 Å². The number of rotatable bonds is 6. The van der Waals surface area contributed by atoms with E-state index in [0.29, 0.717) is 12.3 Å². The predicted octanol–water partition coefficient (Wildman–Crippen LogP) is 4.72. The van der Waals surface area contributed by atoms with Gasteiger partial charge in [0.2, 0.25) is 0 Å². The second-order valence-electron chi connectivity index (χ2n) is 9.78. The SMILES string of the molecule is CC(C)c1ccc2c(c1)C(O)CC1C(C)(COC(=O)CCC(=O)O)CCCC21C. The number of benzene rings is 1. The van der Waals surface area contributed by atoms with Gasteiger partial charge in [-0.2, -0.15) is 0 Å². The van der Waals surface area contributed by atoms with Gasteiger partial charge >= 0.3 is 11.9 Å². The Morgan fingerprint density at radius 2 is 1.93 bits per heavy atom. The van der Waals surface area contributed by atoms with Crippen molar-refractivity contribution in [1.82, 2.24) is 0 Å². The molecule has 3 rings (SSSR count). The van der Waals surface area contributed by atoms with Crippen LogP contribution in [0.2, 0.25) is 0 Å². The van der Waals surface area contributed by atoms with Gasteiger partial charge in [0.25, 0.3) is 0 Å². The first-order chi connectivity index (χ1) is 13.6. The Morgan fingerprint density at radius 1 is 1.21 bits per heavy atom. The lowest BCUT2D eigenvalue weighted by Crippen LogP contribution is -2.51. The Labute approximate surface area is 173 Å². The molecule has 0 spiro atoms. The van der Waals surface area contributed by atoms with E-state index < -0.39 is 18.0 Å². The normalized spacial score (nSPS) is 31.1. The van der Waals surface area contributed by atoms with Crippen LogP contribution in [0, 0.1) is 11.3 Å². The lowest BCUT2D eigenvalue weighted by atomic mass is 9.49. The Balaban J connectivity index is 1.84. The van der Waals surface area contributed by atoms with Crippen molar-refractivity contribution in [3.8, 4) is 0 Å². The average molecular weight is 403 g/mol. The van der Waals surface area contributed by atoms with Crippen molar-refractivity contribution < 1.29 is 24.5 Å². The molecule has 1 aromatic carbocycles. The topological polar surface area (TPSA) is 83.8 Å². The van der Waals surface area contributed by atoms with Crippen LogP contribution in [-0.2, 0) is 19.7 Å². The summed E-state index contributed by atoms with van der Waals surface area (Å²) >= 11 is 0. The van der Waals surface area contributed by atoms with E-state index in [1.54, 1.807) is 0 Å². The molecule has 5 heteroatoms. The first kappa shape index (κ1) is 21.8. The predicted molar refractivity (Wildman–Crippen MR) is 111 cm³/mol. The summed E-state index contributed by atoms with van der Waals surface area (Å²) in [6.45, 7) is 9.05. The van der Waals surface area contributed by atoms with Crippen molar-refractivity contribution in [3.63, 3.8) is 0 Å². The molecule has 4 unspecified atom stereocenters. The summed E-state index contributed by atoms with van der Waals surface area (Å²) in [5.74, 6) is -0.839. The molecule has 0 amide bonds. The van der Waals surface area contributed by atoms with Crippen LogP contribution in [0.4, 0.5) is 0 Å². The smallest absolute Gasteiger partial charge is 0.306 e. The van der Waals surface area contributed by atoms with Gasteiger partial charge in [-0.3, -0.25) is 9.59 Å². The van der Waals surface area contributed by atoms with Crippen LogP contribution in [0.25, 0.3) is 0 Å². The molecular formula is C24H34O5. The van der Waals surface area contributed by atoms with E-state index >= 15 is 0 Å². The molecule has 2 aliphatic rings. The maximum absolute atomic E-state index is 12.0. The van der Waals surface area contributed by atoms with E-state index in [1.165, 1.54) is 11.1 Å². The minimum Gasteiger partial charge on any atom is -0.481 e. The van der Waals surface area contributed by atoms with E-state index in [1.807, 2.05) is 0 Å². The van der Waals surface area contributed by atoms with Gasteiger partial charge in [-0.05, 0) is 53.2 Å². The second kappa shape index (κ2) is 8.10. The second-order valence-corrected chi connectivity index (χ2v) is 9.78. The summed E-state index contributed by atoms with van der Waals surface area (Å²) in [5.41, 5.74) is 3.23. The van der Waals surface area contributed by atoms with Crippen molar-refractivity contribution >= 4 is 11.9 Å². The fourth-order valence-electron chi connectivity index (χ4n) is 5.63. The molecule has 1 saturated carbocycles. The van der Waals surface area contributed by atoms with Crippen molar-refractivity contribution in [1.29, 1.82) is 0 Å². The summed E-state index contributed by atoms with van der Waals surface area (Å²) in [5, 5.41) is 19.8. The Kier molecular flexibility index (Phi) is 6.09. The van der Waals surface area contributed by atoms with Gasteiger partial charge in [0.05, 0.1) is 25.6 Å². The number of carbonyl (C=O) groups is 2. The van der Waals surface area contributed by atoms with Gasteiger partial charge in [0.1, 0.15) is 0 Å². The number of aliphatic hydroxyl groups excluding tert-OH is 1. The molecule has 5 nitrogen and oxygen atoms in total. The zero-order valence-electron chi connectivity index (χ0n) is 18.0. The van der Waals surface area contributed by atoms with Crippen LogP contribution in [-0.4, -0.2) is 28.8 Å². The van der Waals surface area contributed by atoms with Gasteiger partial charge in [0, 0.05) is 5.41 Å². The van der Waals surface area contributed by atoms with Crippen LogP contribution in [0.1, 0.15) is 94.9 Å². The van der Waals surface area contributed by atoms with E-state index in [9.17, 15) is 14.7 Å². The van der Waals surface area contributed by atoms with Crippen molar-refractivity contribution in [2.24, 2.45) is 11.3 Å². The number of ether oxygens (including phenoxy) is 1. The number of esters is 1. The maximum atomic E-state index is 12.0. The molecule has 0 aliphatic heterocycles. The molecule has 0 radical (unpaired) electrons. The van der Waals surface area contributed by atoms with Crippen molar-refractivity contribution in [3.05, 3.63) is 34.9 Å². The molecular weight excluding hydrogens is 368 g/mol. The quantitative estimate of drug-likeness (QED) is 0.673. The fraction of sp³-hybridized carbons (Fsp3) is 0.667. The summed E-state index contributed by atoms with van der Waals surface area (Å²) in [6.07, 6.45) is 2.87. The summed E-state index contributed by atoms with van der Waals surface area (Å²) in [7, 11) is 0. The molecule has 4 atom stereocenters. The molecule has 0 bridgehead atoms. The van der Waals surface area contributed by atoms with E-state index in [0.717, 1.165) is 24.8 Å². The molecule has 29 heavy (non-hydrogen) atoms. The standard InChI is InChI=1S/C24H34O5/c1-15(2)16-6-7-18-17(12-16)19(25)13-20-23(3,10-5-11-24(18,20)4)14-29-22(28)9-8-21(26)27/h6-7,12,15,19-20,25H,5,8-11,13-14H2,1-4H3,(H,26,27). The molecule has 1 fully saturated rings. The number of hydrogen-bond donors (Lipinski definition) is 2. The highest BCUT2D eigenvalue weighted by atomic mass is 16.5. The van der Waals surface area contributed by atoms with E-state index in [-0.39, 0.29) is 36.2 Å². The average Bonchev–Trinajstić information content (AvgIpc) is 2.66. The number of carboxylic acids is 1. The number of carbonyl (C=O) groups excluding carboxylic acids is 1. The highest BCUT2D eigenvalue weighted by Gasteiger charge is 2.54. The van der Waals surface area contributed by atoms with Gasteiger partial charge < -0.3 is 14.9 Å². The number of fused-ring (bicyclic) bond motifs is 3. The lowest BCUT2D eigenvalue weighted by Gasteiger charge is -2.56. The highest BCUT2D eigenvalue weighted by Crippen LogP contribution is 2.59. The molecule has 1 aromatic rings. The first-order valence-electron chi connectivity index (χ1n) is 10.8. The Morgan fingerprint density at radius 3 is 2.59 bits per heavy atom. The zero-order chi connectivity index (χ0) is 21.4. The molecule has 2 N–H and O–H groups in total. The summed E-state index contributed by atoms with van der Waals surface area (Å²) in [6, 6.07) is 6.55. The first-order valence-corrected chi connectivity index (χ1v) is 10.8. The third-order valence-corrected chi connectivity index (χ3v) is 7.34. The largest absolute Gasteiger partial charge is 0.481 e. The van der Waals surface area contributed by atoms with Crippen molar-refractivity contribution in [2.75, 3.05) is 6.61 Å². The lowest BCUT2D eigenvalue weighted by molar-refractivity contribution is -0.154. The van der Waals surface area contributed by atoms with Crippen LogP contribution < -0.4 is 0 Å². The molecule has 0 aromatic heterocycles. The fourth-order valence-corrected chi connectivity index (χ4v) is 5.63. The summed E-state index contributed by atoms with van der Waals surface area (Å²) in [4.78, 5) is 22.7. The number of aliphatic carboxylic acids is 1. The molecule has 0 saturated heterocycles. The van der Waals surface area contributed by atoms with Crippen LogP contribution in [0.5, 0.6) is 0 Å². The Bertz CT molecular complexity index is 785. The van der Waals surface area contributed by atoms with Gasteiger partial charge in [-0.1, -0.05) is 52.3 Å². The highest BCUT2D eigenvalue weighted by molar-refractivity contribution is 5.76. The molecule has 0 heterocycles. The number of aliphatic hydroxyl groups is 1. The Hall–Kier alpha value is -1.88. The molecule has 2 aliphatic carbocycles. The maximum Gasteiger partial charge on any atom is 0.306 e. The summed E-state index contributed by atoms with van der Waals surface area (Å²) < 4.78 is 5.52.